The van der Waals surface area contributed by atoms with E-state index >= 15 is 0 Å². The Bertz CT molecular complexity index is 1020. The van der Waals surface area contributed by atoms with Gasteiger partial charge in [0.2, 0.25) is 15.9 Å². The summed E-state index contributed by atoms with van der Waals surface area (Å²) in [5, 5.41) is 3.02. The zero-order valence-corrected chi connectivity index (χ0v) is 18.6. The van der Waals surface area contributed by atoms with Gasteiger partial charge in [0.1, 0.15) is 10.6 Å². The molecule has 166 valence electrons. The zero-order chi connectivity index (χ0) is 21.9. The van der Waals surface area contributed by atoms with Crippen molar-refractivity contribution in [2.45, 2.75) is 43.9 Å². The van der Waals surface area contributed by atoms with Gasteiger partial charge in [0.15, 0.2) is 0 Å². The van der Waals surface area contributed by atoms with Crippen molar-refractivity contribution in [3.8, 4) is 5.75 Å². The first-order valence-electron chi connectivity index (χ1n) is 10.9. The first kappa shape index (κ1) is 21.8. The highest BCUT2D eigenvalue weighted by Crippen LogP contribution is 2.49. The summed E-state index contributed by atoms with van der Waals surface area (Å²) in [6, 6.07) is 10.5. The second-order valence-electron chi connectivity index (χ2n) is 8.38. The van der Waals surface area contributed by atoms with Gasteiger partial charge < -0.3 is 10.1 Å². The zero-order valence-electron chi connectivity index (χ0n) is 17.8. The molecule has 1 atom stereocenters. The van der Waals surface area contributed by atoms with E-state index in [9.17, 15) is 13.2 Å². The summed E-state index contributed by atoms with van der Waals surface area (Å²) >= 11 is 0. The molecule has 2 aromatic rings. The van der Waals surface area contributed by atoms with Crippen LogP contribution in [0.2, 0.25) is 0 Å². The fourth-order valence-electron chi connectivity index (χ4n) is 4.95. The number of carbonyl (C=O) groups is 1. The number of hydrogen-bond donors (Lipinski definition) is 1. The maximum atomic E-state index is 13.5. The van der Waals surface area contributed by atoms with Crippen LogP contribution in [0.5, 0.6) is 5.75 Å². The Morgan fingerprint density at radius 2 is 1.97 bits per heavy atom. The van der Waals surface area contributed by atoms with E-state index in [-0.39, 0.29) is 22.8 Å². The van der Waals surface area contributed by atoms with Crippen LogP contribution in [0.1, 0.15) is 39.0 Å². The molecule has 0 radical (unpaired) electrons. The van der Waals surface area contributed by atoms with E-state index in [2.05, 4.69) is 10.3 Å². The number of nitrogens with zero attached hydrogens (tertiary/aromatic N) is 2. The molecular weight excluding hydrogens is 414 g/mol. The summed E-state index contributed by atoms with van der Waals surface area (Å²) in [6.07, 6.45) is 7.79. The number of carbonyl (C=O) groups excluding carboxylic acids is 1. The molecule has 1 aliphatic heterocycles. The fraction of sp³-hybridized carbons (Fsp3) is 0.478. The average Bonchev–Trinajstić information content (AvgIpc) is 3.16. The predicted octanol–water partition coefficient (Wildman–Crippen LogP) is 3.69. The Kier molecular flexibility index (Phi) is 6.29. The number of anilines is 1. The van der Waals surface area contributed by atoms with Crippen molar-refractivity contribution < 1.29 is 17.9 Å². The molecule has 4 rings (SSSR count). The summed E-state index contributed by atoms with van der Waals surface area (Å²) in [5.41, 5.74) is 0.284. The minimum Gasteiger partial charge on any atom is -0.492 e. The Hall–Kier alpha value is -2.45. The Morgan fingerprint density at radius 3 is 2.68 bits per heavy atom. The van der Waals surface area contributed by atoms with Gasteiger partial charge >= 0.3 is 0 Å². The lowest BCUT2D eigenvalue weighted by Crippen LogP contribution is -2.39. The molecule has 1 aromatic heterocycles. The van der Waals surface area contributed by atoms with Crippen molar-refractivity contribution in [1.82, 2.24) is 9.29 Å². The fourth-order valence-corrected chi connectivity index (χ4v) is 6.46. The number of rotatable bonds is 6. The smallest absolute Gasteiger partial charge is 0.244 e. The molecule has 0 bridgehead atoms. The molecule has 1 spiro atoms. The van der Waals surface area contributed by atoms with E-state index in [1.165, 1.54) is 10.5 Å². The second kappa shape index (κ2) is 8.96. The van der Waals surface area contributed by atoms with Gasteiger partial charge in [-0.3, -0.25) is 9.78 Å². The molecule has 2 heterocycles. The number of sulfonamides is 1. The first-order chi connectivity index (χ1) is 15.0. The number of pyridine rings is 1. The van der Waals surface area contributed by atoms with Crippen LogP contribution in [0.3, 0.4) is 0 Å². The molecule has 7 nitrogen and oxygen atoms in total. The first-order valence-corrected chi connectivity index (χ1v) is 12.3. The van der Waals surface area contributed by atoms with Gasteiger partial charge in [-0.15, -0.1) is 0 Å². The summed E-state index contributed by atoms with van der Waals surface area (Å²) in [6.45, 7) is 2.94. The van der Waals surface area contributed by atoms with Crippen molar-refractivity contribution in [3.63, 3.8) is 0 Å². The largest absolute Gasteiger partial charge is 0.492 e. The van der Waals surface area contributed by atoms with E-state index < -0.39 is 15.9 Å². The van der Waals surface area contributed by atoms with Crippen LogP contribution in [0, 0.1) is 11.3 Å². The van der Waals surface area contributed by atoms with Crippen molar-refractivity contribution in [2.24, 2.45) is 11.3 Å². The van der Waals surface area contributed by atoms with Gasteiger partial charge in [-0.25, -0.2) is 8.42 Å². The number of amides is 1. The van der Waals surface area contributed by atoms with E-state index in [1.807, 2.05) is 31.2 Å². The Morgan fingerprint density at radius 1 is 1.19 bits per heavy atom. The SMILES string of the molecule is CCOc1ccccc1NC(=O)[C@@H]1CN(S(=O)(=O)c2cccnc2)CC12CCCCC2. The molecule has 2 aliphatic rings. The van der Waals surface area contributed by atoms with Gasteiger partial charge in [0, 0.05) is 25.5 Å². The highest BCUT2D eigenvalue weighted by atomic mass is 32.2. The monoisotopic (exact) mass is 443 g/mol. The lowest BCUT2D eigenvalue weighted by Gasteiger charge is -2.37. The van der Waals surface area contributed by atoms with Gasteiger partial charge in [-0.2, -0.15) is 4.31 Å². The maximum Gasteiger partial charge on any atom is 0.244 e. The molecule has 8 heteroatoms. The van der Waals surface area contributed by atoms with Crippen molar-refractivity contribution in [1.29, 1.82) is 0 Å². The number of hydrogen-bond acceptors (Lipinski definition) is 5. The minimum atomic E-state index is -3.70. The third kappa shape index (κ3) is 4.32. The van der Waals surface area contributed by atoms with Crippen LogP contribution in [0.4, 0.5) is 5.69 Å². The van der Waals surface area contributed by atoms with E-state index in [1.54, 1.807) is 18.3 Å². The van der Waals surface area contributed by atoms with E-state index in [0.29, 0.717) is 24.6 Å². The molecule has 1 saturated carbocycles. The van der Waals surface area contributed by atoms with E-state index in [4.69, 9.17) is 4.74 Å². The number of nitrogens with one attached hydrogen (secondary N) is 1. The number of para-hydroxylation sites is 2. The highest BCUT2D eigenvalue weighted by molar-refractivity contribution is 7.89. The van der Waals surface area contributed by atoms with Crippen molar-refractivity contribution in [3.05, 3.63) is 48.8 Å². The highest BCUT2D eigenvalue weighted by Gasteiger charge is 2.53. The lowest BCUT2D eigenvalue weighted by atomic mass is 9.67. The van der Waals surface area contributed by atoms with Gasteiger partial charge in [0.05, 0.1) is 18.2 Å². The third-order valence-electron chi connectivity index (χ3n) is 6.50. The number of benzene rings is 1. The summed E-state index contributed by atoms with van der Waals surface area (Å²) in [4.78, 5) is 17.6. The quantitative estimate of drug-likeness (QED) is 0.736. The van der Waals surface area contributed by atoms with Gasteiger partial charge in [-0.05, 0) is 49.4 Å². The predicted molar refractivity (Wildman–Crippen MR) is 118 cm³/mol. The molecule has 2 fully saturated rings. The Labute approximate surface area is 183 Å². The van der Waals surface area contributed by atoms with Gasteiger partial charge in [-0.1, -0.05) is 31.4 Å². The van der Waals surface area contributed by atoms with Gasteiger partial charge in [0.25, 0.3) is 0 Å². The Balaban J connectivity index is 1.62. The molecule has 1 saturated heterocycles. The van der Waals surface area contributed by atoms with Crippen LogP contribution in [0.25, 0.3) is 0 Å². The lowest BCUT2D eigenvalue weighted by molar-refractivity contribution is -0.123. The molecule has 31 heavy (non-hydrogen) atoms. The average molecular weight is 444 g/mol. The van der Waals surface area contributed by atoms with Crippen LogP contribution in [-0.4, -0.2) is 43.3 Å². The summed E-state index contributed by atoms with van der Waals surface area (Å²) < 4.78 is 33.6. The second-order valence-corrected chi connectivity index (χ2v) is 10.3. The standard InChI is InChI=1S/C23H29N3O4S/c1-2-30-21-11-5-4-10-20(21)25-22(27)19-16-26(17-23(19)12-6-3-7-13-23)31(28,29)18-9-8-14-24-15-18/h4-5,8-11,14-15,19H,2-3,6-7,12-13,16-17H2,1H3,(H,25,27)/t19-/m0/s1. The molecule has 0 unspecified atom stereocenters. The molecular formula is C23H29N3O4S. The van der Waals surface area contributed by atoms with Crippen LogP contribution < -0.4 is 10.1 Å². The van der Waals surface area contributed by atoms with Crippen molar-refractivity contribution >= 4 is 21.6 Å². The topological polar surface area (TPSA) is 88.6 Å². The summed E-state index contributed by atoms with van der Waals surface area (Å²) in [5.74, 6) is 0.0701. The normalized spacial score (nSPS) is 21.1. The summed E-state index contributed by atoms with van der Waals surface area (Å²) in [7, 11) is -3.70. The van der Waals surface area contributed by atoms with E-state index in [0.717, 1.165) is 32.1 Å². The van der Waals surface area contributed by atoms with Crippen LogP contribution in [-0.2, 0) is 14.8 Å². The van der Waals surface area contributed by atoms with Crippen LogP contribution in [0.15, 0.2) is 53.7 Å². The number of aromatic nitrogens is 1. The maximum absolute atomic E-state index is 13.5. The number of ether oxygens (including phenoxy) is 1. The molecule has 1 aliphatic carbocycles. The minimum absolute atomic E-state index is 0.141. The van der Waals surface area contributed by atoms with Crippen LogP contribution >= 0.6 is 0 Å². The molecule has 1 aromatic carbocycles. The molecule has 1 N–H and O–H groups in total. The van der Waals surface area contributed by atoms with Crippen molar-refractivity contribution in [2.75, 3.05) is 25.0 Å². The molecule has 1 amide bonds. The third-order valence-corrected chi connectivity index (χ3v) is 8.29.